The Morgan fingerprint density at radius 2 is 1.25 bits per heavy atom. The van der Waals surface area contributed by atoms with E-state index in [-0.39, 0.29) is 5.91 Å². The van der Waals surface area contributed by atoms with Gasteiger partial charge in [0.2, 0.25) is 11.7 Å². The summed E-state index contributed by atoms with van der Waals surface area (Å²) >= 11 is 0. The molecule has 1 rings (SSSR count). The number of carbonyl (C=O) groups excluding carboxylic acids is 1. The molecule has 182 valence electrons. The molecule has 0 fully saturated rings. The van der Waals surface area contributed by atoms with Gasteiger partial charge in [0.25, 0.3) is 0 Å². The lowest BCUT2D eigenvalue weighted by Crippen LogP contribution is -2.16. The third-order valence-electron chi connectivity index (χ3n) is 5.60. The maximum absolute atomic E-state index is 12.0. The van der Waals surface area contributed by atoms with Crippen molar-refractivity contribution < 1.29 is 19.0 Å². The molecule has 0 saturated heterocycles. The van der Waals surface area contributed by atoms with Crippen molar-refractivity contribution in [3.05, 3.63) is 17.7 Å². The minimum atomic E-state index is -0.0586. The number of hydrazone groups is 1. The summed E-state index contributed by atoms with van der Waals surface area (Å²) in [6, 6.07) is 3.56. The lowest BCUT2D eigenvalue weighted by molar-refractivity contribution is -0.121. The summed E-state index contributed by atoms with van der Waals surface area (Å²) in [6.07, 6.45) is 18.9. The van der Waals surface area contributed by atoms with Crippen LogP contribution in [0.15, 0.2) is 17.2 Å². The molecule has 0 heterocycles. The van der Waals surface area contributed by atoms with Crippen LogP contribution in [0.2, 0.25) is 0 Å². The summed E-state index contributed by atoms with van der Waals surface area (Å²) in [5, 5.41) is 4.05. The highest BCUT2D eigenvalue weighted by molar-refractivity contribution is 5.84. The molecule has 1 aromatic rings. The average Bonchev–Trinajstić information content (AvgIpc) is 2.81. The van der Waals surface area contributed by atoms with Gasteiger partial charge >= 0.3 is 0 Å². The topological polar surface area (TPSA) is 69.2 Å². The number of carbonyl (C=O) groups is 1. The van der Waals surface area contributed by atoms with Crippen LogP contribution < -0.4 is 19.6 Å². The average molecular weight is 449 g/mol. The fraction of sp³-hybridized carbons (Fsp3) is 0.692. The molecule has 32 heavy (non-hydrogen) atoms. The molecule has 0 saturated carbocycles. The maximum Gasteiger partial charge on any atom is 0.240 e. The molecule has 0 spiro atoms. The zero-order valence-corrected chi connectivity index (χ0v) is 20.7. The van der Waals surface area contributed by atoms with Crippen molar-refractivity contribution in [1.82, 2.24) is 5.43 Å². The van der Waals surface area contributed by atoms with Gasteiger partial charge in [-0.2, -0.15) is 5.10 Å². The third-order valence-corrected chi connectivity index (χ3v) is 5.60. The monoisotopic (exact) mass is 448 g/mol. The number of methoxy groups -OCH3 is 3. The molecule has 0 bridgehead atoms. The normalized spacial score (nSPS) is 11.0. The van der Waals surface area contributed by atoms with Crippen LogP contribution in [0.1, 0.15) is 102 Å². The fourth-order valence-corrected chi connectivity index (χ4v) is 3.71. The molecule has 1 N–H and O–H groups in total. The lowest BCUT2D eigenvalue weighted by atomic mass is 10.0. The quantitative estimate of drug-likeness (QED) is 0.146. The highest BCUT2D eigenvalue weighted by atomic mass is 16.5. The summed E-state index contributed by atoms with van der Waals surface area (Å²) < 4.78 is 16.0. The zero-order chi connectivity index (χ0) is 23.4. The summed E-state index contributed by atoms with van der Waals surface area (Å²) in [5.74, 6) is 1.56. The molecule has 0 aromatic heterocycles. The molecule has 6 heteroatoms. The fourth-order valence-electron chi connectivity index (χ4n) is 3.71. The van der Waals surface area contributed by atoms with Gasteiger partial charge in [-0.25, -0.2) is 5.43 Å². The molecule has 0 radical (unpaired) electrons. The first-order valence-electron chi connectivity index (χ1n) is 12.3. The molecule has 6 nitrogen and oxygen atoms in total. The number of benzene rings is 1. The lowest BCUT2D eigenvalue weighted by Gasteiger charge is -2.12. The van der Waals surface area contributed by atoms with E-state index in [1.807, 2.05) is 0 Å². The van der Waals surface area contributed by atoms with Crippen molar-refractivity contribution in [3.8, 4) is 17.2 Å². The van der Waals surface area contributed by atoms with Gasteiger partial charge in [0.1, 0.15) is 0 Å². The molecule has 0 unspecified atom stereocenters. The number of nitrogens with one attached hydrogen (secondary N) is 1. The summed E-state index contributed by atoms with van der Waals surface area (Å²) in [4.78, 5) is 12.0. The predicted octanol–water partition coefficient (Wildman–Crippen LogP) is 6.64. The summed E-state index contributed by atoms with van der Waals surface area (Å²) in [5.41, 5.74) is 3.35. The van der Waals surface area contributed by atoms with Crippen molar-refractivity contribution in [3.63, 3.8) is 0 Å². The standard InChI is InChI=1S/C26H44N2O4/c1-5-6-7-8-9-10-11-12-13-14-15-16-17-18-25(29)28-27-21-22-19-23(30-2)26(32-4)24(20-22)31-3/h19-21H,5-18H2,1-4H3,(H,28,29)/b27-21-. The number of hydrogen-bond donors (Lipinski definition) is 1. The summed E-state index contributed by atoms with van der Waals surface area (Å²) in [7, 11) is 4.69. The van der Waals surface area contributed by atoms with Crippen molar-refractivity contribution in [2.75, 3.05) is 21.3 Å². The van der Waals surface area contributed by atoms with Crippen LogP contribution >= 0.6 is 0 Å². The molecule has 1 amide bonds. The smallest absolute Gasteiger partial charge is 0.240 e. The largest absolute Gasteiger partial charge is 0.493 e. The number of hydrogen-bond acceptors (Lipinski definition) is 5. The van der Waals surface area contributed by atoms with Gasteiger partial charge in [0.05, 0.1) is 27.5 Å². The van der Waals surface area contributed by atoms with Crippen LogP contribution in [0.25, 0.3) is 0 Å². The Morgan fingerprint density at radius 3 is 1.69 bits per heavy atom. The van der Waals surface area contributed by atoms with Gasteiger partial charge in [0.15, 0.2) is 11.5 Å². The van der Waals surface area contributed by atoms with Crippen molar-refractivity contribution in [2.24, 2.45) is 5.10 Å². The van der Waals surface area contributed by atoms with E-state index in [0.29, 0.717) is 23.7 Å². The first-order chi connectivity index (χ1) is 15.7. The maximum atomic E-state index is 12.0. The Balaban J connectivity index is 2.12. The van der Waals surface area contributed by atoms with Gasteiger partial charge < -0.3 is 14.2 Å². The predicted molar refractivity (Wildman–Crippen MR) is 132 cm³/mol. The van der Waals surface area contributed by atoms with E-state index in [2.05, 4.69) is 17.5 Å². The van der Waals surface area contributed by atoms with E-state index in [9.17, 15) is 4.79 Å². The number of unbranched alkanes of at least 4 members (excludes halogenated alkanes) is 12. The van der Waals surface area contributed by atoms with Gasteiger partial charge in [-0.15, -0.1) is 0 Å². The van der Waals surface area contributed by atoms with Crippen LogP contribution in [0.3, 0.4) is 0 Å². The van der Waals surface area contributed by atoms with Gasteiger partial charge in [-0.05, 0) is 18.6 Å². The Morgan fingerprint density at radius 1 is 0.781 bits per heavy atom. The molecule has 0 atom stereocenters. The molecule has 0 aliphatic heterocycles. The second-order valence-electron chi connectivity index (χ2n) is 8.24. The number of amides is 1. The Hall–Kier alpha value is -2.24. The minimum absolute atomic E-state index is 0.0586. The van der Waals surface area contributed by atoms with E-state index in [1.54, 1.807) is 39.7 Å². The highest BCUT2D eigenvalue weighted by Gasteiger charge is 2.12. The van der Waals surface area contributed by atoms with Gasteiger partial charge in [-0.3, -0.25) is 4.79 Å². The van der Waals surface area contributed by atoms with Gasteiger partial charge in [0, 0.05) is 12.0 Å². The summed E-state index contributed by atoms with van der Waals surface area (Å²) in [6.45, 7) is 2.26. The van der Waals surface area contributed by atoms with Crippen LogP contribution in [-0.2, 0) is 4.79 Å². The van der Waals surface area contributed by atoms with E-state index in [4.69, 9.17) is 14.2 Å². The zero-order valence-electron chi connectivity index (χ0n) is 20.7. The number of ether oxygens (including phenoxy) is 3. The number of nitrogens with zero attached hydrogens (tertiary/aromatic N) is 1. The van der Waals surface area contributed by atoms with Crippen molar-refractivity contribution in [1.29, 1.82) is 0 Å². The second kappa shape index (κ2) is 18.3. The molecule has 0 aliphatic rings. The highest BCUT2D eigenvalue weighted by Crippen LogP contribution is 2.37. The Bertz CT molecular complexity index is 636. The number of rotatable bonds is 19. The van der Waals surface area contributed by atoms with Crippen LogP contribution in [0.5, 0.6) is 17.2 Å². The minimum Gasteiger partial charge on any atom is -0.493 e. The van der Waals surface area contributed by atoms with Crippen LogP contribution in [0, 0.1) is 0 Å². The Labute approximate surface area is 195 Å². The molecule has 0 aliphatic carbocycles. The second-order valence-corrected chi connectivity index (χ2v) is 8.24. The first-order valence-corrected chi connectivity index (χ1v) is 12.3. The molecular weight excluding hydrogens is 404 g/mol. The van der Waals surface area contributed by atoms with Crippen LogP contribution in [-0.4, -0.2) is 33.5 Å². The molecule has 1 aromatic carbocycles. The van der Waals surface area contributed by atoms with E-state index in [0.717, 1.165) is 18.4 Å². The van der Waals surface area contributed by atoms with Crippen molar-refractivity contribution >= 4 is 12.1 Å². The SMILES string of the molecule is CCCCCCCCCCCCCCCC(=O)N/N=C\c1cc(OC)c(OC)c(OC)c1. The van der Waals surface area contributed by atoms with Crippen molar-refractivity contribution in [2.45, 2.75) is 96.8 Å². The van der Waals surface area contributed by atoms with E-state index >= 15 is 0 Å². The third kappa shape index (κ3) is 12.0. The molecular formula is C26H44N2O4. The van der Waals surface area contributed by atoms with Crippen LogP contribution in [0.4, 0.5) is 0 Å². The van der Waals surface area contributed by atoms with E-state index in [1.165, 1.54) is 70.6 Å². The Kier molecular flexibility index (Phi) is 15.9. The first kappa shape index (κ1) is 27.8. The van der Waals surface area contributed by atoms with E-state index < -0.39 is 0 Å². The van der Waals surface area contributed by atoms with Gasteiger partial charge in [-0.1, -0.05) is 84.0 Å².